The molecular formula is C6H3N4O5-3. The molecule has 9 heteroatoms. The topological polar surface area (TPSA) is 123 Å². The van der Waals surface area contributed by atoms with Crippen LogP contribution in [0.5, 0.6) is 0 Å². The fourth-order valence-electron chi connectivity index (χ4n) is 1.13. The third kappa shape index (κ3) is 1.40. The molecule has 0 saturated carbocycles. The summed E-state index contributed by atoms with van der Waals surface area (Å²) in [6, 6.07) is 3.36. The quantitative estimate of drug-likeness (QED) is 0.388. The summed E-state index contributed by atoms with van der Waals surface area (Å²) in [5.41, 5.74) is -0.372. The van der Waals surface area contributed by atoms with Gasteiger partial charge in [-0.15, -0.1) is 0 Å². The van der Waals surface area contributed by atoms with Crippen molar-refractivity contribution in [3.05, 3.63) is 39.0 Å². The molecule has 0 amide bonds. The Kier molecular flexibility index (Phi) is 2.04. The van der Waals surface area contributed by atoms with Crippen LogP contribution < -0.4 is 10.5 Å². The lowest BCUT2D eigenvalue weighted by atomic mass is 10.2. The Bertz CT molecular complexity index is 422. The van der Waals surface area contributed by atoms with E-state index in [0.717, 1.165) is 6.07 Å². The van der Waals surface area contributed by atoms with Crippen molar-refractivity contribution in [2.75, 3.05) is 10.5 Å². The normalized spacial score (nSPS) is 15.7. The van der Waals surface area contributed by atoms with Gasteiger partial charge in [-0.05, 0) is 11.3 Å². The van der Waals surface area contributed by atoms with Gasteiger partial charge in [-0.1, -0.05) is 4.86 Å². The summed E-state index contributed by atoms with van der Waals surface area (Å²) in [6.07, 6.45) is 0. The Morgan fingerprint density at radius 2 is 1.87 bits per heavy atom. The maximum absolute atomic E-state index is 11.0. The van der Waals surface area contributed by atoms with Gasteiger partial charge >= 0.3 is 0 Å². The van der Waals surface area contributed by atoms with Gasteiger partial charge in [-0.3, -0.25) is 10.5 Å². The van der Waals surface area contributed by atoms with Crippen LogP contribution in [0.4, 0.5) is 17.1 Å². The molecule has 15 heavy (non-hydrogen) atoms. The Labute approximate surface area is 82.6 Å². The zero-order valence-electron chi connectivity index (χ0n) is 7.06. The van der Waals surface area contributed by atoms with Crippen LogP contribution in [-0.2, 0) is 4.94 Å². The van der Waals surface area contributed by atoms with Crippen LogP contribution in [0.1, 0.15) is 0 Å². The molecule has 0 radical (unpaired) electrons. The van der Waals surface area contributed by atoms with Crippen molar-refractivity contribution >= 4 is 17.1 Å². The fourth-order valence-corrected chi connectivity index (χ4v) is 1.13. The molecule has 0 aromatic heterocycles. The first-order valence-electron chi connectivity index (χ1n) is 3.70. The van der Waals surface area contributed by atoms with Crippen LogP contribution >= 0.6 is 0 Å². The van der Waals surface area contributed by atoms with Gasteiger partial charge in [0.2, 0.25) is 5.69 Å². The summed E-state index contributed by atoms with van der Waals surface area (Å²) in [5.74, 6) is 0. The van der Waals surface area contributed by atoms with Gasteiger partial charge in [0.05, 0.1) is 11.4 Å². The van der Waals surface area contributed by atoms with Gasteiger partial charge in [0, 0.05) is 12.1 Å². The molecule has 1 aliphatic rings. The van der Waals surface area contributed by atoms with E-state index in [2.05, 4.69) is 10.2 Å². The number of hydrogen-bond donors (Lipinski definition) is 0. The van der Waals surface area contributed by atoms with Gasteiger partial charge in [-0.2, -0.15) is 4.94 Å². The first-order valence-corrected chi connectivity index (χ1v) is 3.70. The second-order valence-corrected chi connectivity index (χ2v) is 2.62. The smallest absolute Gasteiger partial charge is 0.246 e. The highest BCUT2D eigenvalue weighted by Crippen LogP contribution is 2.37. The van der Waals surface area contributed by atoms with E-state index in [1.807, 2.05) is 0 Å². The molecule has 1 aliphatic heterocycles. The Morgan fingerprint density at radius 3 is 2.53 bits per heavy atom. The lowest BCUT2D eigenvalue weighted by molar-refractivity contribution is -0.436. The Morgan fingerprint density at radius 1 is 1.20 bits per heavy atom. The summed E-state index contributed by atoms with van der Waals surface area (Å²) >= 11 is 0. The first kappa shape index (κ1) is 9.45. The van der Waals surface area contributed by atoms with E-state index >= 15 is 0 Å². The van der Waals surface area contributed by atoms with E-state index in [1.165, 1.54) is 12.1 Å². The van der Waals surface area contributed by atoms with Crippen molar-refractivity contribution < 1.29 is 9.80 Å². The molecule has 0 unspecified atom stereocenters. The van der Waals surface area contributed by atoms with Crippen LogP contribution in [0.15, 0.2) is 23.5 Å². The van der Waals surface area contributed by atoms with E-state index < -0.39 is 0 Å². The van der Waals surface area contributed by atoms with Crippen molar-refractivity contribution in [2.24, 2.45) is 5.28 Å². The number of anilines is 2. The molecule has 0 N–H and O–H groups in total. The molecule has 0 spiro atoms. The van der Waals surface area contributed by atoms with Crippen molar-refractivity contribution in [3.63, 3.8) is 0 Å². The molecule has 0 fully saturated rings. The monoisotopic (exact) mass is 211 g/mol. The second-order valence-electron chi connectivity index (χ2n) is 2.62. The molecule has 0 atom stereocenters. The minimum atomic E-state index is -0.221. The zero-order valence-corrected chi connectivity index (χ0v) is 7.06. The van der Waals surface area contributed by atoms with Crippen LogP contribution in [-0.4, -0.2) is 4.86 Å². The lowest BCUT2D eigenvalue weighted by Gasteiger charge is -2.26. The van der Waals surface area contributed by atoms with Crippen molar-refractivity contribution in [3.8, 4) is 0 Å². The summed E-state index contributed by atoms with van der Waals surface area (Å²) in [7, 11) is 0. The minimum absolute atomic E-state index is 0.00437. The third-order valence-electron chi connectivity index (χ3n) is 1.80. The van der Waals surface area contributed by atoms with Crippen LogP contribution in [0.25, 0.3) is 0 Å². The number of rotatable bonds is 1. The summed E-state index contributed by atoms with van der Waals surface area (Å²) in [5, 5.41) is 44.6. The van der Waals surface area contributed by atoms with Crippen molar-refractivity contribution in [1.29, 1.82) is 0 Å². The predicted octanol–water partition coefficient (Wildman–Crippen LogP) is 1.25. The van der Waals surface area contributed by atoms with E-state index in [4.69, 9.17) is 0 Å². The average Bonchev–Trinajstić information content (AvgIpc) is 2.53. The van der Waals surface area contributed by atoms with Crippen molar-refractivity contribution in [2.45, 2.75) is 0 Å². The van der Waals surface area contributed by atoms with E-state index in [9.17, 15) is 20.8 Å². The molecule has 0 aliphatic carbocycles. The average molecular weight is 211 g/mol. The van der Waals surface area contributed by atoms with Crippen molar-refractivity contribution in [1.82, 2.24) is 0 Å². The maximum atomic E-state index is 11.0. The number of nitrogens with zero attached hydrogens (tertiary/aromatic N) is 4. The summed E-state index contributed by atoms with van der Waals surface area (Å²) in [6.45, 7) is 0. The maximum Gasteiger partial charge on any atom is 0.246 e. The SMILES string of the molecule is [O-]N=[N+]([O-])c1ccc2c(c1)N([O-])ON2[O-]. The zero-order chi connectivity index (χ0) is 11.0. The van der Waals surface area contributed by atoms with Crippen LogP contribution in [0.2, 0.25) is 0 Å². The minimum Gasteiger partial charge on any atom is -0.739 e. The van der Waals surface area contributed by atoms with Gasteiger partial charge in [0.25, 0.3) is 0 Å². The number of fused-ring (bicyclic) bond motifs is 1. The third-order valence-corrected chi connectivity index (χ3v) is 1.80. The Hall–Kier alpha value is -2.10. The standard InChI is InChI=1S/C6H4N4O5/c11-7-8(12)4-1-2-5-6(3-4)10(14)15-9(5)13/h1-3,11H/q-2/p-1. The van der Waals surface area contributed by atoms with E-state index in [0.29, 0.717) is 0 Å². The van der Waals surface area contributed by atoms with Gasteiger partial charge in [-0.25, -0.2) is 0 Å². The highest BCUT2D eigenvalue weighted by molar-refractivity contribution is 5.75. The first-order chi connectivity index (χ1) is 7.13. The molecule has 9 nitrogen and oxygen atoms in total. The molecule has 0 saturated heterocycles. The van der Waals surface area contributed by atoms with Gasteiger partial charge in [0.15, 0.2) is 0 Å². The molecule has 1 heterocycles. The highest BCUT2D eigenvalue weighted by atomic mass is 17.1. The van der Waals surface area contributed by atoms with E-state index in [1.54, 1.807) is 0 Å². The molecule has 2 rings (SSSR count). The Balaban J connectivity index is 2.47. The molecule has 1 aromatic carbocycles. The van der Waals surface area contributed by atoms with E-state index in [-0.39, 0.29) is 32.4 Å². The lowest BCUT2D eigenvalue weighted by Crippen LogP contribution is -2.17. The van der Waals surface area contributed by atoms with Gasteiger partial charge < -0.3 is 20.8 Å². The largest absolute Gasteiger partial charge is 0.739 e. The van der Waals surface area contributed by atoms with Crippen LogP contribution in [0, 0.1) is 20.8 Å². The number of hydrogen-bond acceptors (Lipinski definition) is 8. The number of benzene rings is 1. The molecule has 0 bridgehead atoms. The summed E-state index contributed by atoms with van der Waals surface area (Å²) in [4.78, 5) is 3.91. The summed E-state index contributed by atoms with van der Waals surface area (Å²) < 4.78 is 0. The predicted molar refractivity (Wildman–Crippen MR) is 48.3 cm³/mol. The molecule has 80 valence electrons. The van der Waals surface area contributed by atoms with Crippen LogP contribution in [0.3, 0.4) is 0 Å². The second kappa shape index (κ2) is 3.24. The molecular weight excluding hydrogens is 208 g/mol. The highest BCUT2D eigenvalue weighted by Gasteiger charge is 2.18. The molecule has 1 aromatic rings. The van der Waals surface area contributed by atoms with Gasteiger partial charge in [0.1, 0.15) is 0 Å². The fraction of sp³-hybridized carbons (Fsp3) is 0.